The Labute approximate surface area is 132 Å². The summed E-state index contributed by atoms with van der Waals surface area (Å²) in [4.78, 5) is 14.7. The Hall–Kier alpha value is -2.29. The van der Waals surface area contributed by atoms with Crippen molar-refractivity contribution >= 4 is 17.3 Å². The second kappa shape index (κ2) is 6.65. The van der Waals surface area contributed by atoms with Gasteiger partial charge in [-0.3, -0.25) is 4.79 Å². The lowest BCUT2D eigenvalue weighted by Crippen LogP contribution is -2.38. The Morgan fingerprint density at radius 2 is 1.64 bits per heavy atom. The van der Waals surface area contributed by atoms with Crippen LogP contribution in [-0.2, 0) is 4.79 Å². The van der Waals surface area contributed by atoms with Gasteiger partial charge in [0.25, 0.3) is 0 Å². The van der Waals surface area contributed by atoms with Crippen molar-refractivity contribution in [1.29, 1.82) is 0 Å². The summed E-state index contributed by atoms with van der Waals surface area (Å²) in [5.41, 5.74) is 3.34. The molecule has 0 unspecified atom stereocenters. The van der Waals surface area contributed by atoms with E-state index in [9.17, 15) is 4.79 Å². The van der Waals surface area contributed by atoms with E-state index in [4.69, 9.17) is 0 Å². The molecule has 2 aromatic carbocycles. The molecule has 1 aliphatic heterocycles. The van der Waals surface area contributed by atoms with Crippen molar-refractivity contribution in [3.05, 3.63) is 60.2 Å². The number of hydrogen-bond acceptors (Lipinski definition) is 2. The zero-order chi connectivity index (χ0) is 15.4. The van der Waals surface area contributed by atoms with Crippen molar-refractivity contribution in [1.82, 2.24) is 0 Å². The van der Waals surface area contributed by atoms with E-state index in [1.807, 2.05) is 37.3 Å². The third-order valence-corrected chi connectivity index (χ3v) is 4.31. The Bertz CT molecular complexity index is 614. The van der Waals surface area contributed by atoms with Crippen LogP contribution < -0.4 is 10.2 Å². The fourth-order valence-electron chi connectivity index (χ4n) is 2.92. The topological polar surface area (TPSA) is 32.3 Å². The highest BCUT2D eigenvalue weighted by atomic mass is 16.1. The summed E-state index contributed by atoms with van der Waals surface area (Å²) >= 11 is 0. The van der Waals surface area contributed by atoms with Gasteiger partial charge in [-0.05, 0) is 44.0 Å². The Kier molecular flexibility index (Phi) is 4.42. The van der Waals surface area contributed by atoms with Gasteiger partial charge < -0.3 is 10.2 Å². The fraction of sp³-hybridized carbons (Fsp3) is 0.316. The maximum atomic E-state index is 12.4. The van der Waals surface area contributed by atoms with E-state index >= 15 is 0 Å². The summed E-state index contributed by atoms with van der Waals surface area (Å²) < 4.78 is 0. The number of rotatable bonds is 3. The molecule has 0 atom stereocenters. The number of benzene rings is 2. The molecule has 0 radical (unpaired) electrons. The molecule has 0 saturated carbocycles. The van der Waals surface area contributed by atoms with Gasteiger partial charge >= 0.3 is 0 Å². The number of nitrogens with zero attached hydrogens (tertiary/aromatic N) is 1. The van der Waals surface area contributed by atoms with Crippen molar-refractivity contribution in [3.63, 3.8) is 0 Å². The lowest BCUT2D eigenvalue weighted by molar-refractivity contribution is -0.120. The molecule has 2 aromatic rings. The minimum atomic E-state index is 0.112. The van der Waals surface area contributed by atoms with Gasteiger partial charge in [0.05, 0.1) is 0 Å². The Morgan fingerprint density at radius 3 is 2.27 bits per heavy atom. The second-order valence-corrected chi connectivity index (χ2v) is 5.95. The number of aryl methyl sites for hydroxylation is 1. The largest absolute Gasteiger partial charge is 0.371 e. The van der Waals surface area contributed by atoms with Crippen LogP contribution in [0.2, 0.25) is 0 Å². The van der Waals surface area contributed by atoms with Gasteiger partial charge in [-0.2, -0.15) is 0 Å². The first-order chi connectivity index (χ1) is 10.7. The van der Waals surface area contributed by atoms with Crippen LogP contribution in [0.15, 0.2) is 54.6 Å². The van der Waals surface area contributed by atoms with E-state index in [0.29, 0.717) is 0 Å². The maximum absolute atomic E-state index is 12.4. The van der Waals surface area contributed by atoms with E-state index < -0.39 is 0 Å². The minimum absolute atomic E-state index is 0.112. The molecular weight excluding hydrogens is 272 g/mol. The first-order valence-corrected chi connectivity index (χ1v) is 7.90. The third-order valence-electron chi connectivity index (χ3n) is 4.31. The molecule has 1 fully saturated rings. The standard InChI is InChI=1S/C19H22N2O/c1-15-7-9-17(10-8-15)20-19(22)16-11-13-21(14-12-16)18-5-3-2-4-6-18/h2-10,16H,11-14H2,1H3,(H,20,22). The number of nitrogens with one attached hydrogen (secondary N) is 1. The van der Waals surface area contributed by atoms with Crippen LogP contribution in [0.1, 0.15) is 18.4 Å². The normalized spacial score (nSPS) is 15.6. The van der Waals surface area contributed by atoms with Crippen molar-refractivity contribution in [2.45, 2.75) is 19.8 Å². The monoisotopic (exact) mass is 294 g/mol. The van der Waals surface area contributed by atoms with Gasteiger partial charge in [-0.25, -0.2) is 0 Å². The molecule has 22 heavy (non-hydrogen) atoms. The average Bonchev–Trinajstić information content (AvgIpc) is 2.58. The average molecular weight is 294 g/mol. The van der Waals surface area contributed by atoms with Gasteiger partial charge in [0.15, 0.2) is 0 Å². The van der Waals surface area contributed by atoms with Crippen LogP contribution in [-0.4, -0.2) is 19.0 Å². The molecule has 114 valence electrons. The molecular formula is C19H22N2O. The second-order valence-electron chi connectivity index (χ2n) is 5.95. The summed E-state index contributed by atoms with van der Waals surface area (Å²) in [6.45, 7) is 3.93. The lowest BCUT2D eigenvalue weighted by Gasteiger charge is -2.33. The summed E-state index contributed by atoms with van der Waals surface area (Å²) in [5, 5.41) is 3.04. The van der Waals surface area contributed by atoms with Crippen molar-refractivity contribution in [2.75, 3.05) is 23.3 Å². The van der Waals surface area contributed by atoms with Gasteiger partial charge in [0.2, 0.25) is 5.91 Å². The van der Waals surface area contributed by atoms with E-state index in [1.165, 1.54) is 11.3 Å². The molecule has 1 aliphatic rings. The first kappa shape index (κ1) is 14.6. The summed E-state index contributed by atoms with van der Waals surface area (Å²) in [7, 11) is 0. The Morgan fingerprint density at radius 1 is 1.00 bits per heavy atom. The fourth-order valence-corrected chi connectivity index (χ4v) is 2.92. The zero-order valence-electron chi connectivity index (χ0n) is 13.0. The van der Waals surface area contributed by atoms with Crippen LogP contribution >= 0.6 is 0 Å². The van der Waals surface area contributed by atoms with E-state index in [-0.39, 0.29) is 11.8 Å². The van der Waals surface area contributed by atoms with E-state index in [0.717, 1.165) is 31.6 Å². The highest BCUT2D eigenvalue weighted by molar-refractivity contribution is 5.92. The van der Waals surface area contributed by atoms with Crippen molar-refractivity contribution in [3.8, 4) is 0 Å². The van der Waals surface area contributed by atoms with Gasteiger partial charge in [0.1, 0.15) is 0 Å². The van der Waals surface area contributed by atoms with Crippen LogP contribution in [0.5, 0.6) is 0 Å². The molecule has 0 bridgehead atoms. The van der Waals surface area contributed by atoms with E-state index in [2.05, 4.69) is 34.5 Å². The molecule has 0 aliphatic carbocycles. The van der Waals surface area contributed by atoms with Crippen molar-refractivity contribution in [2.24, 2.45) is 5.92 Å². The van der Waals surface area contributed by atoms with Crippen LogP contribution in [0.25, 0.3) is 0 Å². The molecule has 0 aromatic heterocycles. The molecule has 1 N–H and O–H groups in total. The number of para-hydroxylation sites is 1. The van der Waals surface area contributed by atoms with Gasteiger partial charge in [0, 0.05) is 30.4 Å². The van der Waals surface area contributed by atoms with Gasteiger partial charge in [-0.1, -0.05) is 35.9 Å². The summed E-state index contributed by atoms with van der Waals surface area (Å²) in [6, 6.07) is 18.4. The summed E-state index contributed by atoms with van der Waals surface area (Å²) in [5.74, 6) is 0.262. The van der Waals surface area contributed by atoms with Crippen molar-refractivity contribution < 1.29 is 4.79 Å². The van der Waals surface area contributed by atoms with Crippen LogP contribution in [0.4, 0.5) is 11.4 Å². The molecule has 1 amide bonds. The smallest absolute Gasteiger partial charge is 0.227 e. The molecule has 0 spiro atoms. The predicted octanol–water partition coefficient (Wildman–Crippen LogP) is 3.85. The number of piperidine rings is 1. The Balaban J connectivity index is 1.54. The van der Waals surface area contributed by atoms with E-state index in [1.54, 1.807) is 0 Å². The molecule has 3 nitrogen and oxygen atoms in total. The third kappa shape index (κ3) is 3.48. The molecule has 1 heterocycles. The first-order valence-electron chi connectivity index (χ1n) is 7.90. The quantitative estimate of drug-likeness (QED) is 0.932. The number of carbonyl (C=O) groups excluding carboxylic acids is 1. The maximum Gasteiger partial charge on any atom is 0.227 e. The number of hydrogen-bond donors (Lipinski definition) is 1. The molecule has 3 heteroatoms. The lowest BCUT2D eigenvalue weighted by atomic mass is 9.95. The number of carbonyl (C=O) groups is 1. The van der Waals surface area contributed by atoms with Crippen LogP contribution in [0, 0.1) is 12.8 Å². The number of amides is 1. The highest BCUT2D eigenvalue weighted by Gasteiger charge is 2.25. The molecule has 1 saturated heterocycles. The van der Waals surface area contributed by atoms with Crippen LogP contribution in [0.3, 0.4) is 0 Å². The minimum Gasteiger partial charge on any atom is -0.371 e. The summed E-state index contributed by atoms with van der Waals surface area (Å²) in [6.07, 6.45) is 1.82. The molecule has 3 rings (SSSR count). The highest BCUT2D eigenvalue weighted by Crippen LogP contribution is 2.24. The number of anilines is 2. The van der Waals surface area contributed by atoms with Gasteiger partial charge in [-0.15, -0.1) is 0 Å². The SMILES string of the molecule is Cc1ccc(NC(=O)C2CCN(c3ccccc3)CC2)cc1. The predicted molar refractivity (Wildman–Crippen MR) is 91.2 cm³/mol. The zero-order valence-corrected chi connectivity index (χ0v) is 13.0.